The van der Waals surface area contributed by atoms with Crippen LogP contribution in [0.4, 0.5) is 10.1 Å². The zero-order chi connectivity index (χ0) is 28.8. The number of nitrogens with one attached hydrogen (secondary N) is 3. The van der Waals surface area contributed by atoms with Crippen LogP contribution < -0.4 is 16.0 Å². The molecule has 2 aliphatic heterocycles. The molecule has 6 nitrogen and oxygen atoms in total. The molecule has 39 heavy (non-hydrogen) atoms. The molecule has 2 amide bonds. The Kier molecular flexibility index (Phi) is 14.2. The van der Waals surface area contributed by atoms with Gasteiger partial charge in [0.2, 0.25) is 12.8 Å². The second-order valence-corrected chi connectivity index (χ2v) is 12.3. The topological polar surface area (TPSA) is 73.5 Å². The fourth-order valence-electron chi connectivity index (χ4n) is 4.65. The highest BCUT2D eigenvalue weighted by molar-refractivity contribution is 6.31. The molecule has 0 aliphatic carbocycles. The van der Waals surface area contributed by atoms with Crippen molar-refractivity contribution in [1.29, 1.82) is 0 Å². The predicted molar refractivity (Wildman–Crippen MR) is 160 cm³/mol. The van der Waals surface area contributed by atoms with Crippen LogP contribution in [-0.2, 0) is 9.59 Å². The van der Waals surface area contributed by atoms with E-state index < -0.39 is 0 Å². The van der Waals surface area contributed by atoms with Crippen molar-refractivity contribution >= 4 is 41.7 Å². The molecule has 2 atom stereocenters. The molecule has 4 rings (SSSR count). The van der Waals surface area contributed by atoms with E-state index in [0.717, 1.165) is 31.5 Å². The Hall–Kier alpha value is -2.19. The van der Waals surface area contributed by atoms with Crippen LogP contribution in [0, 0.1) is 11.2 Å². The Labute approximate surface area is 243 Å². The third kappa shape index (κ3) is 11.8. The highest BCUT2D eigenvalue weighted by Gasteiger charge is 2.33. The van der Waals surface area contributed by atoms with Crippen LogP contribution in [0.2, 0.25) is 10.0 Å². The average molecular weight is 582 g/mol. The molecule has 0 saturated carbocycles. The van der Waals surface area contributed by atoms with Gasteiger partial charge in [0.05, 0.1) is 5.02 Å². The zero-order valence-corrected chi connectivity index (χ0v) is 25.0. The van der Waals surface area contributed by atoms with E-state index in [2.05, 4.69) is 48.5 Å². The van der Waals surface area contributed by atoms with Gasteiger partial charge in [-0.2, -0.15) is 0 Å². The molecule has 2 aliphatic rings. The maximum atomic E-state index is 14.4. The molecule has 0 aromatic heterocycles. The van der Waals surface area contributed by atoms with Gasteiger partial charge in [-0.1, -0.05) is 69.1 Å². The lowest BCUT2D eigenvalue weighted by Gasteiger charge is -2.22. The van der Waals surface area contributed by atoms with Gasteiger partial charge in [-0.05, 0) is 73.6 Å². The molecule has 2 unspecified atom stereocenters. The lowest BCUT2D eigenvalue weighted by Crippen LogP contribution is -2.24. The number of nitrogens with zero attached hydrogens (tertiary/aromatic N) is 1. The molecule has 9 heteroatoms. The van der Waals surface area contributed by atoms with Crippen molar-refractivity contribution in [1.82, 2.24) is 15.5 Å². The fraction of sp³-hybridized carbons (Fsp3) is 0.533. The number of carbonyl (C=O) groups is 2. The van der Waals surface area contributed by atoms with Gasteiger partial charge in [-0.25, -0.2) is 4.39 Å². The number of benzene rings is 2. The summed E-state index contributed by atoms with van der Waals surface area (Å²) < 4.78 is 14.4. The first-order valence-corrected chi connectivity index (χ1v) is 14.3. The number of halogens is 3. The lowest BCUT2D eigenvalue weighted by atomic mass is 9.83. The number of amides is 2. The predicted octanol–water partition coefficient (Wildman–Crippen LogP) is 6.44. The quantitative estimate of drug-likeness (QED) is 0.235. The van der Waals surface area contributed by atoms with Crippen molar-refractivity contribution in [2.45, 2.75) is 58.8 Å². The van der Waals surface area contributed by atoms with Crippen LogP contribution >= 0.6 is 23.2 Å². The van der Waals surface area contributed by atoms with Crippen LogP contribution in [0.3, 0.4) is 0 Å². The number of carbonyl (C=O) groups excluding carboxylic acids is 2. The second-order valence-electron chi connectivity index (χ2n) is 11.5. The Bertz CT molecular complexity index is 1040. The number of anilines is 1. The molecule has 0 radical (unpaired) electrons. The number of hydrogen-bond donors (Lipinski definition) is 3. The van der Waals surface area contributed by atoms with Gasteiger partial charge in [-0.15, -0.1) is 0 Å². The van der Waals surface area contributed by atoms with Crippen LogP contribution in [0.5, 0.6) is 0 Å². The van der Waals surface area contributed by atoms with Gasteiger partial charge in [0.25, 0.3) is 0 Å². The summed E-state index contributed by atoms with van der Waals surface area (Å²) in [6.45, 7) is 14.5. The zero-order valence-electron chi connectivity index (χ0n) is 23.5. The summed E-state index contributed by atoms with van der Waals surface area (Å²) in [4.78, 5) is 23.2. The smallest absolute Gasteiger partial charge is 0.211 e. The van der Waals surface area contributed by atoms with Crippen molar-refractivity contribution in [2.24, 2.45) is 5.41 Å². The maximum absolute atomic E-state index is 14.4. The second kappa shape index (κ2) is 16.8. The first kappa shape index (κ1) is 33.0. The third-order valence-corrected chi connectivity index (χ3v) is 6.83. The molecule has 2 aromatic rings. The van der Waals surface area contributed by atoms with Crippen LogP contribution in [0.25, 0.3) is 0 Å². The van der Waals surface area contributed by atoms with Crippen LogP contribution in [0.15, 0.2) is 36.4 Å². The van der Waals surface area contributed by atoms with E-state index in [9.17, 15) is 14.0 Å². The van der Waals surface area contributed by atoms with E-state index in [0.29, 0.717) is 41.2 Å². The summed E-state index contributed by atoms with van der Waals surface area (Å²) in [7, 11) is 0. The number of hydrogen-bond acceptors (Lipinski definition) is 4. The molecular formula is C30H43Cl2FN4O2. The highest BCUT2D eigenvalue weighted by Crippen LogP contribution is 2.41. The van der Waals surface area contributed by atoms with Crippen molar-refractivity contribution < 1.29 is 14.0 Å². The van der Waals surface area contributed by atoms with Crippen molar-refractivity contribution in [3.63, 3.8) is 0 Å². The third-order valence-electron chi connectivity index (χ3n) is 6.30. The maximum Gasteiger partial charge on any atom is 0.211 e. The molecule has 2 aromatic carbocycles. The molecule has 0 spiro atoms. The minimum atomic E-state index is -0.383. The summed E-state index contributed by atoms with van der Waals surface area (Å²) in [6, 6.07) is 10.4. The summed E-state index contributed by atoms with van der Waals surface area (Å²) in [5.41, 5.74) is 2.66. The monoisotopic (exact) mass is 580 g/mol. The Morgan fingerprint density at radius 2 is 1.64 bits per heavy atom. The first-order valence-electron chi connectivity index (χ1n) is 13.6. The minimum Gasteiger partial charge on any atom is -0.359 e. The molecule has 2 saturated heterocycles. The molecular weight excluding hydrogens is 538 g/mol. The van der Waals surface area contributed by atoms with Gasteiger partial charge in [0.1, 0.15) is 5.82 Å². The van der Waals surface area contributed by atoms with Crippen LogP contribution in [-0.4, -0.2) is 57.0 Å². The van der Waals surface area contributed by atoms with Gasteiger partial charge < -0.3 is 20.9 Å². The average Bonchev–Trinajstić information content (AvgIpc) is 3.56. The van der Waals surface area contributed by atoms with E-state index in [4.69, 9.17) is 23.2 Å². The minimum absolute atomic E-state index is 0.0164. The number of rotatable bonds is 9. The van der Waals surface area contributed by atoms with Gasteiger partial charge in [0.15, 0.2) is 0 Å². The van der Waals surface area contributed by atoms with Gasteiger partial charge in [0, 0.05) is 42.2 Å². The van der Waals surface area contributed by atoms with E-state index >= 15 is 0 Å². The molecule has 3 N–H and O–H groups in total. The fourth-order valence-corrected chi connectivity index (χ4v) is 5.00. The van der Waals surface area contributed by atoms with Crippen molar-refractivity contribution in [3.05, 3.63) is 63.4 Å². The van der Waals surface area contributed by atoms with E-state index in [1.54, 1.807) is 30.3 Å². The Balaban J connectivity index is 0.000000276. The molecule has 0 bridgehead atoms. The summed E-state index contributed by atoms with van der Waals surface area (Å²) >= 11 is 11.9. The Morgan fingerprint density at radius 1 is 1.00 bits per heavy atom. The van der Waals surface area contributed by atoms with E-state index in [1.807, 2.05) is 6.07 Å². The van der Waals surface area contributed by atoms with Crippen LogP contribution in [0.1, 0.15) is 69.9 Å². The largest absolute Gasteiger partial charge is 0.359 e. The highest BCUT2D eigenvalue weighted by atomic mass is 35.5. The lowest BCUT2D eigenvalue weighted by molar-refractivity contribution is -0.109. The first-order chi connectivity index (χ1) is 18.5. The summed E-state index contributed by atoms with van der Waals surface area (Å²) in [5, 5.41) is 9.29. The van der Waals surface area contributed by atoms with Crippen molar-refractivity contribution in [2.75, 3.05) is 44.6 Å². The normalized spacial score (nSPS) is 18.8. The van der Waals surface area contributed by atoms with Crippen molar-refractivity contribution in [3.8, 4) is 0 Å². The standard InChI is InChI=1S/C17H15Cl2FN2O.C8H16N2O.C5H12/c18-10-4-5-11(16(6-10)22-9-23)13-7-21-8-14(13)12-2-1-3-15(19)17(12)20;11-8-9-4-3-7-10-5-1-2-6-10;1-5(2,3)4/h1-6,9,13-14,21H,7-8H2,(H,22,23);8H,1-7H2,(H,9,11);1-4H3. The summed E-state index contributed by atoms with van der Waals surface area (Å²) in [6.07, 6.45) is 5.16. The van der Waals surface area contributed by atoms with E-state index in [1.165, 1.54) is 25.9 Å². The summed E-state index contributed by atoms with van der Waals surface area (Å²) in [5.74, 6) is -0.434. The SMILES string of the molecule is CC(C)(C)C.O=CNCCCN1CCCC1.O=CNc1cc(Cl)ccc1C1CNCC1c1cccc(Cl)c1F. The van der Waals surface area contributed by atoms with E-state index in [-0.39, 0.29) is 22.7 Å². The van der Waals surface area contributed by atoms with Gasteiger partial charge in [-0.3, -0.25) is 9.59 Å². The molecule has 216 valence electrons. The number of likely N-dealkylation sites (tertiary alicyclic amines) is 1. The Morgan fingerprint density at radius 3 is 2.26 bits per heavy atom. The molecule has 2 heterocycles. The molecule has 2 fully saturated rings. The van der Waals surface area contributed by atoms with Gasteiger partial charge >= 0.3 is 0 Å².